The van der Waals surface area contributed by atoms with Gasteiger partial charge in [0.15, 0.2) is 0 Å². The normalized spacial score (nSPS) is 29.7. The van der Waals surface area contributed by atoms with Crippen molar-refractivity contribution in [3.05, 3.63) is 0 Å². The summed E-state index contributed by atoms with van der Waals surface area (Å²) in [5.74, 6) is 0. The Balaban J connectivity index is 1.91. The molecule has 98 valence electrons. The van der Waals surface area contributed by atoms with Crippen LogP contribution in [-0.2, 0) is 9.47 Å². The van der Waals surface area contributed by atoms with E-state index in [1.54, 1.807) is 4.90 Å². The lowest BCUT2D eigenvalue weighted by molar-refractivity contribution is 0.0157. The third kappa shape index (κ3) is 3.10. The Bertz CT molecular complexity index is 293. The maximum atomic E-state index is 11.9. The predicted octanol–water partition coefficient (Wildman–Crippen LogP) is 0.986. The third-order valence-corrected chi connectivity index (χ3v) is 3.13. The van der Waals surface area contributed by atoms with E-state index in [0.717, 1.165) is 26.1 Å². The van der Waals surface area contributed by atoms with Crippen molar-refractivity contribution < 1.29 is 14.3 Å². The number of carbonyl (C=O) groups excluding carboxylic acids is 1. The van der Waals surface area contributed by atoms with Gasteiger partial charge in [-0.05, 0) is 27.2 Å². The molecule has 17 heavy (non-hydrogen) atoms. The Kier molecular flexibility index (Phi) is 3.32. The van der Waals surface area contributed by atoms with E-state index < -0.39 is 5.60 Å². The number of hydrogen-bond donors (Lipinski definition) is 1. The minimum Gasteiger partial charge on any atom is -0.444 e. The molecule has 1 atom stereocenters. The van der Waals surface area contributed by atoms with Crippen molar-refractivity contribution in [2.24, 2.45) is 0 Å². The second-order valence-electron chi connectivity index (χ2n) is 5.91. The lowest BCUT2D eigenvalue weighted by Gasteiger charge is -2.34. The largest absolute Gasteiger partial charge is 0.444 e. The Morgan fingerprint density at radius 2 is 2.24 bits per heavy atom. The molecule has 0 radical (unpaired) electrons. The van der Waals surface area contributed by atoms with E-state index >= 15 is 0 Å². The van der Waals surface area contributed by atoms with Gasteiger partial charge >= 0.3 is 6.09 Å². The van der Waals surface area contributed by atoms with Crippen LogP contribution >= 0.6 is 0 Å². The number of hydrogen-bond acceptors (Lipinski definition) is 4. The molecule has 0 aromatic carbocycles. The molecular formula is C12H22N2O3. The molecule has 0 unspecified atom stereocenters. The number of carbonyl (C=O) groups is 1. The van der Waals surface area contributed by atoms with Gasteiger partial charge in [0.25, 0.3) is 0 Å². The summed E-state index contributed by atoms with van der Waals surface area (Å²) >= 11 is 0. The quantitative estimate of drug-likeness (QED) is 0.688. The standard InChI is InChI=1S/C12H22N2O3/c1-11(2,3)17-10(15)14-6-4-12(8-14)9-16-7-5-13-12/h13H,4-9H2,1-3H3/t12-/m0/s1. The van der Waals surface area contributed by atoms with Gasteiger partial charge in [0.2, 0.25) is 0 Å². The first-order valence-corrected chi connectivity index (χ1v) is 6.21. The zero-order valence-electron chi connectivity index (χ0n) is 10.9. The van der Waals surface area contributed by atoms with Crippen molar-refractivity contribution in [2.45, 2.75) is 38.3 Å². The molecule has 0 aromatic rings. The number of amides is 1. The molecule has 0 aromatic heterocycles. The van der Waals surface area contributed by atoms with Crippen LogP contribution in [0.4, 0.5) is 4.79 Å². The highest BCUT2D eigenvalue weighted by atomic mass is 16.6. The second-order valence-corrected chi connectivity index (χ2v) is 5.91. The number of morpholine rings is 1. The number of ether oxygens (including phenoxy) is 2. The molecule has 2 aliphatic heterocycles. The summed E-state index contributed by atoms with van der Waals surface area (Å²) in [4.78, 5) is 13.7. The van der Waals surface area contributed by atoms with E-state index in [1.165, 1.54) is 0 Å². The maximum Gasteiger partial charge on any atom is 0.410 e. The molecule has 5 heteroatoms. The van der Waals surface area contributed by atoms with Crippen LogP contribution in [0, 0.1) is 0 Å². The smallest absolute Gasteiger partial charge is 0.410 e. The van der Waals surface area contributed by atoms with Crippen molar-refractivity contribution in [2.75, 3.05) is 32.8 Å². The van der Waals surface area contributed by atoms with E-state index in [2.05, 4.69) is 5.32 Å². The molecule has 2 saturated heterocycles. The first-order valence-electron chi connectivity index (χ1n) is 6.21. The van der Waals surface area contributed by atoms with Gasteiger partial charge in [-0.2, -0.15) is 0 Å². The fourth-order valence-electron chi connectivity index (χ4n) is 2.32. The summed E-state index contributed by atoms with van der Waals surface area (Å²) in [7, 11) is 0. The molecule has 2 rings (SSSR count). The lowest BCUT2D eigenvalue weighted by Crippen LogP contribution is -2.56. The highest BCUT2D eigenvalue weighted by Gasteiger charge is 2.42. The molecule has 2 fully saturated rings. The third-order valence-electron chi connectivity index (χ3n) is 3.13. The number of nitrogens with zero attached hydrogens (tertiary/aromatic N) is 1. The van der Waals surface area contributed by atoms with Gasteiger partial charge in [0.05, 0.1) is 18.8 Å². The number of nitrogens with one attached hydrogen (secondary N) is 1. The highest BCUT2D eigenvalue weighted by molar-refractivity contribution is 5.68. The topological polar surface area (TPSA) is 50.8 Å². The minimum absolute atomic E-state index is 0.0465. The summed E-state index contributed by atoms with van der Waals surface area (Å²) < 4.78 is 10.9. The zero-order valence-corrected chi connectivity index (χ0v) is 10.9. The van der Waals surface area contributed by atoms with Crippen LogP contribution in [0.3, 0.4) is 0 Å². The SMILES string of the molecule is CC(C)(C)OC(=O)N1CC[C@@]2(COCCN2)C1. The van der Waals surface area contributed by atoms with Gasteiger partial charge in [0, 0.05) is 19.6 Å². The molecule has 1 spiro atoms. The molecular weight excluding hydrogens is 220 g/mol. The van der Waals surface area contributed by atoms with Crippen molar-refractivity contribution in [1.82, 2.24) is 10.2 Å². The molecule has 0 aliphatic carbocycles. The summed E-state index contributed by atoms with van der Waals surface area (Å²) in [6, 6.07) is 0. The van der Waals surface area contributed by atoms with E-state index in [1.807, 2.05) is 20.8 Å². The van der Waals surface area contributed by atoms with Gasteiger partial charge in [0.1, 0.15) is 5.60 Å². The van der Waals surface area contributed by atoms with Crippen LogP contribution in [0.2, 0.25) is 0 Å². The van der Waals surface area contributed by atoms with Gasteiger partial charge in [-0.3, -0.25) is 0 Å². The van der Waals surface area contributed by atoms with Crippen LogP contribution in [0.5, 0.6) is 0 Å². The van der Waals surface area contributed by atoms with Crippen LogP contribution in [0.1, 0.15) is 27.2 Å². The highest BCUT2D eigenvalue weighted by Crippen LogP contribution is 2.25. The van der Waals surface area contributed by atoms with E-state index in [-0.39, 0.29) is 11.6 Å². The fourth-order valence-corrected chi connectivity index (χ4v) is 2.32. The summed E-state index contributed by atoms with van der Waals surface area (Å²) in [5, 5.41) is 3.47. The molecule has 0 bridgehead atoms. The summed E-state index contributed by atoms with van der Waals surface area (Å²) in [5.41, 5.74) is -0.474. The molecule has 2 heterocycles. The number of likely N-dealkylation sites (tertiary alicyclic amines) is 1. The Morgan fingerprint density at radius 1 is 1.47 bits per heavy atom. The van der Waals surface area contributed by atoms with E-state index in [0.29, 0.717) is 13.2 Å². The Morgan fingerprint density at radius 3 is 2.82 bits per heavy atom. The predicted molar refractivity (Wildman–Crippen MR) is 64.0 cm³/mol. The van der Waals surface area contributed by atoms with Crippen LogP contribution in [-0.4, -0.2) is 55.0 Å². The molecule has 1 N–H and O–H groups in total. The summed E-state index contributed by atoms with van der Waals surface area (Å²) in [6.45, 7) is 9.39. The Hall–Kier alpha value is -0.810. The molecule has 5 nitrogen and oxygen atoms in total. The minimum atomic E-state index is -0.427. The van der Waals surface area contributed by atoms with Gasteiger partial charge < -0.3 is 19.7 Å². The molecule has 1 amide bonds. The lowest BCUT2D eigenvalue weighted by atomic mass is 9.99. The average Bonchev–Trinajstić information content (AvgIpc) is 2.61. The van der Waals surface area contributed by atoms with Crippen molar-refractivity contribution in [3.8, 4) is 0 Å². The first-order chi connectivity index (χ1) is 7.90. The Labute approximate surface area is 102 Å². The van der Waals surface area contributed by atoms with Crippen LogP contribution < -0.4 is 5.32 Å². The molecule has 0 saturated carbocycles. The van der Waals surface area contributed by atoms with E-state index in [9.17, 15) is 4.79 Å². The van der Waals surface area contributed by atoms with Crippen molar-refractivity contribution >= 4 is 6.09 Å². The van der Waals surface area contributed by atoms with Gasteiger partial charge in [-0.25, -0.2) is 4.79 Å². The maximum absolute atomic E-state index is 11.9. The number of rotatable bonds is 0. The van der Waals surface area contributed by atoms with Gasteiger partial charge in [-0.15, -0.1) is 0 Å². The first kappa shape index (κ1) is 12.6. The van der Waals surface area contributed by atoms with Crippen LogP contribution in [0.25, 0.3) is 0 Å². The van der Waals surface area contributed by atoms with Gasteiger partial charge in [-0.1, -0.05) is 0 Å². The van der Waals surface area contributed by atoms with Crippen molar-refractivity contribution in [3.63, 3.8) is 0 Å². The van der Waals surface area contributed by atoms with E-state index in [4.69, 9.17) is 9.47 Å². The second kappa shape index (κ2) is 4.46. The average molecular weight is 242 g/mol. The monoisotopic (exact) mass is 242 g/mol. The fraction of sp³-hybridized carbons (Fsp3) is 0.917. The van der Waals surface area contributed by atoms with Crippen LogP contribution in [0.15, 0.2) is 0 Å². The zero-order chi connectivity index (χ0) is 12.5. The molecule has 2 aliphatic rings. The summed E-state index contributed by atoms with van der Waals surface area (Å²) in [6.07, 6.45) is 0.716. The van der Waals surface area contributed by atoms with Crippen molar-refractivity contribution in [1.29, 1.82) is 0 Å².